The van der Waals surface area contributed by atoms with E-state index in [0.717, 1.165) is 11.8 Å². The van der Waals surface area contributed by atoms with Gasteiger partial charge in [-0.05, 0) is 45.0 Å². The van der Waals surface area contributed by atoms with E-state index in [9.17, 15) is 23.1 Å². The molecule has 212 valence electrons. The van der Waals surface area contributed by atoms with Gasteiger partial charge in [0.05, 0.1) is 37.3 Å². The Bertz CT molecular complexity index is 1520. The Morgan fingerprint density at radius 3 is 2.35 bits per heavy atom. The van der Waals surface area contributed by atoms with Crippen LogP contribution < -0.4 is 4.74 Å². The SMILES string of the molecule is COc1ccc(-c2nc3c(C(=O)N4CCN([C@H](CO)c5c(C)noc5C)CC4)cnn3c(C(F)(F)F)c2C)cc1. The molecule has 1 fully saturated rings. The van der Waals surface area contributed by atoms with Gasteiger partial charge in [-0.3, -0.25) is 9.69 Å². The predicted molar refractivity (Wildman–Crippen MR) is 138 cm³/mol. The van der Waals surface area contributed by atoms with Crippen LogP contribution in [0.5, 0.6) is 5.75 Å². The molecule has 1 atom stereocenters. The molecule has 40 heavy (non-hydrogen) atoms. The molecule has 1 aromatic carbocycles. The number of carbonyl (C=O) groups excluding carboxylic acids is 1. The first-order valence-electron chi connectivity index (χ1n) is 12.7. The first kappa shape index (κ1) is 27.6. The van der Waals surface area contributed by atoms with Crippen molar-refractivity contribution in [2.45, 2.75) is 33.0 Å². The summed E-state index contributed by atoms with van der Waals surface area (Å²) in [7, 11) is 1.50. The summed E-state index contributed by atoms with van der Waals surface area (Å²) in [4.78, 5) is 21.7. The number of methoxy groups -OCH3 is 1. The number of ether oxygens (including phenoxy) is 1. The number of benzene rings is 1. The summed E-state index contributed by atoms with van der Waals surface area (Å²) in [5, 5.41) is 18.0. The summed E-state index contributed by atoms with van der Waals surface area (Å²) >= 11 is 0. The number of aliphatic hydroxyl groups excluding tert-OH is 1. The maximum Gasteiger partial charge on any atom is 0.433 e. The number of carbonyl (C=O) groups is 1. The van der Waals surface area contributed by atoms with Crippen molar-refractivity contribution in [1.29, 1.82) is 0 Å². The Morgan fingerprint density at radius 2 is 1.80 bits per heavy atom. The average Bonchev–Trinajstić information content (AvgIpc) is 3.50. The molecule has 10 nitrogen and oxygen atoms in total. The van der Waals surface area contributed by atoms with Gasteiger partial charge in [-0.25, -0.2) is 9.50 Å². The van der Waals surface area contributed by atoms with Crippen LogP contribution in [0.25, 0.3) is 16.9 Å². The standard InChI is InChI=1S/C27H29F3N6O4/c1-15-23(18-5-7-19(39-4)8-6-18)32-25-20(13-31-36(25)24(15)27(28,29)30)26(38)35-11-9-34(10-12-35)21(14-37)22-16(2)33-40-17(22)3/h5-8,13,21,37H,9-12,14H2,1-4H3/t21-/m1/s1. The smallest absolute Gasteiger partial charge is 0.433 e. The number of piperazine rings is 1. The van der Waals surface area contributed by atoms with E-state index in [2.05, 4.69) is 15.2 Å². The van der Waals surface area contributed by atoms with E-state index in [1.165, 1.54) is 14.0 Å². The van der Waals surface area contributed by atoms with Gasteiger partial charge in [0.25, 0.3) is 5.91 Å². The van der Waals surface area contributed by atoms with E-state index < -0.39 is 17.8 Å². The second kappa shape index (κ2) is 10.5. The molecule has 4 aromatic rings. The molecule has 1 aliphatic heterocycles. The van der Waals surface area contributed by atoms with Gasteiger partial charge in [0.1, 0.15) is 17.1 Å². The van der Waals surface area contributed by atoms with Crippen molar-refractivity contribution in [1.82, 2.24) is 29.6 Å². The zero-order valence-electron chi connectivity index (χ0n) is 22.5. The van der Waals surface area contributed by atoms with Crippen LogP contribution in [0, 0.1) is 20.8 Å². The van der Waals surface area contributed by atoms with Crippen molar-refractivity contribution in [3.05, 3.63) is 64.3 Å². The van der Waals surface area contributed by atoms with Crippen molar-refractivity contribution < 1.29 is 32.3 Å². The quantitative estimate of drug-likeness (QED) is 0.381. The Kier molecular flexibility index (Phi) is 7.27. The van der Waals surface area contributed by atoms with E-state index in [-0.39, 0.29) is 35.1 Å². The molecule has 1 saturated heterocycles. The fraction of sp³-hybridized carbons (Fsp3) is 0.407. The monoisotopic (exact) mass is 558 g/mol. The minimum absolute atomic E-state index is 0.0156. The highest BCUT2D eigenvalue weighted by atomic mass is 19.4. The molecule has 13 heteroatoms. The minimum atomic E-state index is -4.73. The third-order valence-electron chi connectivity index (χ3n) is 7.38. The topological polar surface area (TPSA) is 109 Å². The summed E-state index contributed by atoms with van der Waals surface area (Å²) in [5.41, 5.74) is 0.790. The molecule has 5 rings (SSSR count). The Balaban J connectivity index is 1.46. The van der Waals surface area contributed by atoms with Crippen LogP contribution in [0.1, 0.15) is 44.7 Å². The van der Waals surface area contributed by atoms with Crippen LogP contribution in [0.15, 0.2) is 35.0 Å². The maximum absolute atomic E-state index is 14.2. The molecule has 0 spiro atoms. The molecular weight excluding hydrogens is 529 g/mol. The van der Waals surface area contributed by atoms with Gasteiger partial charge in [-0.2, -0.15) is 18.3 Å². The van der Waals surface area contributed by atoms with Crippen molar-refractivity contribution in [2.24, 2.45) is 0 Å². The number of aliphatic hydroxyl groups is 1. The highest BCUT2D eigenvalue weighted by Crippen LogP contribution is 2.37. The number of nitrogens with zero attached hydrogens (tertiary/aromatic N) is 6. The molecule has 3 aromatic heterocycles. The largest absolute Gasteiger partial charge is 0.497 e. The lowest BCUT2D eigenvalue weighted by Crippen LogP contribution is -2.50. The Hall–Kier alpha value is -3.97. The number of rotatable bonds is 6. The van der Waals surface area contributed by atoms with Gasteiger partial charge < -0.3 is 19.3 Å². The van der Waals surface area contributed by atoms with Gasteiger partial charge in [-0.1, -0.05) is 5.16 Å². The summed E-state index contributed by atoms with van der Waals surface area (Å²) in [6, 6.07) is 6.18. The van der Waals surface area contributed by atoms with Gasteiger partial charge in [0.2, 0.25) is 0 Å². The third-order valence-corrected chi connectivity index (χ3v) is 7.38. The van der Waals surface area contributed by atoms with Crippen LogP contribution in [0.3, 0.4) is 0 Å². The van der Waals surface area contributed by atoms with Crippen molar-refractivity contribution in [2.75, 3.05) is 39.9 Å². The molecule has 0 bridgehead atoms. The molecule has 0 radical (unpaired) electrons. The maximum atomic E-state index is 14.2. The van der Waals surface area contributed by atoms with Crippen LogP contribution in [-0.4, -0.2) is 80.5 Å². The lowest BCUT2D eigenvalue weighted by atomic mass is 10.0. The number of hydrogen-bond acceptors (Lipinski definition) is 8. The molecule has 0 unspecified atom stereocenters. The number of amides is 1. The van der Waals surface area contributed by atoms with E-state index in [1.54, 1.807) is 36.1 Å². The molecular formula is C27H29F3N6O4. The summed E-state index contributed by atoms with van der Waals surface area (Å²) in [6.07, 6.45) is -3.59. The lowest BCUT2D eigenvalue weighted by Gasteiger charge is -2.38. The Labute approximate surface area is 227 Å². The second-order valence-electron chi connectivity index (χ2n) is 9.72. The summed E-state index contributed by atoms with van der Waals surface area (Å²) in [5.74, 6) is 0.712. The van der Waals surface area contributed by atoms with E-state index in [0.29, 0.717) is 53.5 Å². The second-order valence-corrected chi connectivity index (χ2v) is 9.72. The number of fused-ring (bicyclic) bond motifs is 1. The van der Waals surface area contributed by atoms with E-state index in [1.807, 2.05) is 11.8 Å². The van der Waals surface area contributed by atoms with E-state index >= 15 is 0 Å². The summed E-state index contributed by atoms with van der Waals surface area (Å²) in [6.45, 7) is 6.28. The predicted octanol–water partition coefficient (Wildman–Crippen LogP) is 3.83. The normalized spacial score (nSPS) is 15.6. The van der Waals surface area contributed by atoms with Crippen molar-refractivity contribution >= 4 is 11.6 Å². The molecule has 1 amide bonds. The third kappa shape index (κ3) is 4.79. The summed E-state index contributed by atoms with van der Waals surface area (Å²) < 4.78 is 53.8. The van der Waals surface area contributed by atoms with Gasteiger partial charge in [0, 0.05) is 42.9 Å². The van der Waals surface area contributed by atoms with Crippen molar-refractivity contribution in [3.8, 4) is 17.0 Å². The Morgan fingerprint density at radius 1 is 1.12 bits per heavy atom. The fourth-order valence-electron chi connectivity index (χ4n) is 5.35. The van der Waals surface area contributed by atoms with Crippen LogP contribution in [0.4, 0.5) is 13.2 Å². The molecule has 0 aliphatic carbocycles. The number of alkyl halides is 3. The highest BCUT2D eigenvalue weighted by molar-refractivity contribution is 6.00. The van der Waals surface area contributed by atoms with Gasteiger partial charge in [0.15, 0.2) is 11.3 Å². The number of halogens is 3. The number of aromatic nitrogens is 4. The lowest BCUT2D eigenvalue weighted by molar-refractivity contribution is -0.143. The number of hydrogen-bond donors (Lipinski definition) is 1. The highest BCUT2D eigenvalue weighted by Gasteiger charge is 2.39. The average molecular weight is 559 g/mol. The van der Waals surface area contributed by atoms with Crippen LogP contribution >= 0.6 is 0 Å². The zero-order valence-corrected chi connectivity index (χ0v) is 22.5. The van der Waals surface area contributed by atoms with Crippen LogP contribution in [0.2, 0.25) is 0 Å². The molecule has 1 N–H and O–H groups in total. The van der Waals surface area contributed by atoms with E-state index in [4.69, 9.17) is 9.26 Å². The number of aryl methyl sites for hydroxylation is 2. The zero-order chi connectivity index (χ0) is 28.8. The fourth-order valence-corrected chi connectivity index (χ4v) is 5.35. The minimum Gasteiger partial charge on any atom is -0.497 e. The first-order valence-corrected chi connectivity index (χ1v) is 12.7. The molecule has 0 saturated carbocycles. The first-order chi connectivity index (χ1) is 19.0. The molecule has 1 aliphatic rings. The van der Waals surface area contributed by atoms with Crippen LogP contribution in [-0.2, 0) is 6.18 Å². The van der Waals surface area contributed by atoms with Gasteiger partial charge in [-0.15, -0.1) is 0 Å². The van der Waals surface area contributed by atoms with Gasteiger partial charge >= 0.3 is 6.18 Å². The van der Waals surface area contributed by atoms with Crippen molar-refractivity contribution in [3.63, 3.8) is 0 Å². The molecule has 4 heterocycles.